The van der Waals surface area contributed by atoms with Crippen LogP contribution in [0.3, 0.4) is 0 Å². The molecule has 1 aromatic carbocycles. The lowest BCUT2D eigenvalue weighted by atomic mass is 10.1. The molecule has 0 saturated heterocycles. The van der Waals surface area contributed by atoms with Gasteiger partial charge in [0.05, 0.1) is 7.11 Å². The molecular weight excluding hydrogens is 234 g/mol. The fourth-order valence-corrected chi connectivity index (χ4v) is 1.78. The molecule has 0 radical (unpaired) electrons. The van der Waals surface area contributed by atoms with Crippen molar-refractivity contribution in [1.29, 1.82) is 0 Å². The van der Waals surface area contributed by atoms with E-state index < -0.39 is 5.97 Å². The van der Waals surface area contributed by atoms with E-state index in [0.29, 0.717) is 23.1 Å². The van der Waals surface area contributed by atoms with Crippen LogP contribution in [0.1, 0.15) is 11.7 Å². The molecule has 0 atom stereocenters. The number of carboxylic acid groups (broad SMARTS) is 1. The van der Waals surface area contributed by atoms with Crippen LogP contribution < -0.4 is 4.74 Å². The summed E-state index contributed by atoms with van der Waals surface area (Å²) in [6.45, 7) is 1.68. The Morgan fingerprint density at radius 3 is 2.83 bits per heavy atom. The van der Waals surface area contributed by atoms with E-state index in [4.69, 9.17) is 14.3 Å². The number of hydrogen-bond donors (Lipinski definition) is 1. The molecule has 0 amide bonds. The van der Waals surface area contributed by atoms with E-state index in [2.05, 4.69) is 4.98 Å². The first-order chi connectivity index (χ1) is 8.61. The minimum atomic E-state index is -0.956. The van der Waals surface area contributed by atoms with Crippen LogP contribution in [0.2, 0.25) is 0 Å². The van der Waals surface area contributed by atoms with E-state index in [0.717, 1.165) is 5.56 Å². The number of nitrogens with zero attached hydrogens (tertiary/aromatic N) is 1. The molecule has 5 nitrogen and oxygen atoms in total. The molecule has 0 unspecified atom stereocenters. The largest absolute Gasteiger partial charge is 0.496 e. The third-order valence-electron chi connectivity index (χ3n) is 2.48. The molecule has 1 aromatic heterocycles. The lowest BCUT2D eigenvalue weighted by molar-refractivity contribution is -0.136. The van der Waals surface area contributed by atoms with Gasteiger partial charge >= 0.3 is 5.97 Å². The fraction of sp³-hybridized carbons (Fsp3) is 0.231. The normalized spacial score (nSPS) is 10.3. The zero-order valence-electron chi connectivity index (χ0n) is 10.1. The molecule has 2 rings (SSSR count). The molecule has 0 aliphatic rings. The second kappa shape index (κ2) is 4.91. The van der Waals surface area contributed by atoms with Gasteiger partial charge < -0.3 is 14.3 Å². The number of aromatic nitrogens is 1. The van der Waals surface area contributed by atoms with E-state index in [1.807, 2.05) is 18.2 Å². The van der Waals surface area contributed by atoms with Crippen LogP contribution in [0.4, 0.5) is 0 Å². The Kier molecular flexibility index (Phi) is 3.32. The van der Waals surface area contributed by atoms with Crippen molar-refractivity contribution in [3.05, 3.63) is 35.9 Å². The highest BCUT2D eigenvalue weighted by Crippen LogP contribution is 2.32. The molecule has 5 heteroatoms. The van der Waals surface area contributed by atoms with Gasteiger partial charge in [-0.25, -0.2) is 4.98 Å². The Bertz CT molecular complexity index is 574. The number of hydrogen-bond acceptors (Lipinski definition) is 4. The number of aliphatic carboxylic acids is 1. The van der Waals surface area contributed by atoms with Crippen molar-refractivity contribution in [1.82, 2.24) is 4.98 Å². The van der Waals surface area contributed by atoms with Gasteiger partial charge in [-0.3, -0.25) is 4.79 Å². The predicted octanol–water partition coefficient (Wildman–Crippen LogP) is 2.29. The maximum Gasteiger partial charge on any atom is 0.311 e. The summed E-state index contributed by atoms with van der Waals surface area (Å²) >= 11 is 0. The van der Waals surface area contributed by atoms with Crippen molar-refractivity contribution in [3.8, 4) is 17.0 Å². The van der Waals surface area contributed by atoms with Gasteiger partial charge in [0.25, 0.3) is 0 Å². The number of aryl methyl sites for hydroxylation is 1. The SMILES string of the molecule is COc1ccccc1-c1nc(C)oc1CC(=O)O. The van der Waals surface area contributed by atoms with Crippen LogP contribution in [-0.4, -0.2) is 23.2 Å². The van der Waals surface area contributed by atoms with Crippen molar-refractivity contribution in [2.75, 3.05) is 7.11 Å². The fourth-order valence-electron chi connectivity index (χ4n) is 1.78. The molecular formula is C13H13NO4. The lowest BCUT2D eigenvalue weighted by Crippen LogP contribution is -2.00. The number of benzene rings is 1. The summed E-state index contributed by atoms with van der Waals surface area (Å²) in [5.41, 5.74) is 1.25. The molecule has 0 fully saturated rings. The Morgan fingerprint density at radius 1 is 1.44 bits per heavy atom. The molecule has 1 N–H and O–H groups in total. The third-order valence-corrected chi connectivity index (χ3v) is 2.48. The van der Waals surface area contributed by atoms with Gasteiger partial charge in [-0.1, -0.05) is 12.1 Å². The second-order valence-electron chi connectivity index (χ2n) is 3.78. The average Bonchev–Trinajstić information content (AvgIpc) is 2.69. The molecule has 0 aliphatic carbocycles. The van der Waals surface area contributed by atoms with Crippen molar-refractivity contribution < 1.29 is 19.1 Å². The van der Waals surface area contributed by atoms with Crippen molar-refractivity contribution >= 4 is 5.97 Å². The number of rotatable bonds is 4. The number of para-hydroxylation sites is 1. The Hall–Kier alpha value is -2.30. The molecule has 1 heterocycles. The smallest absolute Gasteiger partial charge is 0.311 e. The summed E-state index contributed by atoms with van der Waals surface area (Å²) in [7, 11) is 1.56. The highest BCUT2D eigenvalue weighted by atomic mass is 16.5. The zero-order valence-corrected chi connectivity index (χ0v) is 10.1. The summed E-state index contributed by atoms with van der Waals surface area (Å²) in [5.74, 6) is 0.455. The lowest BCUT2D eigenvalue weighted by Gasteiger charge is -2.06. The Morgan fingerprint density at radius 2 is 2.17 bits per heavy atom. The molecule has 2 aromatic rings. The van der Waals surface area contributed by atoms with Gasteiger partial charge in [-0.2, -0.15) is 0 Å². The first kappa shape index (κ1) is 12.2. The minimum Gasteiger partial charge on any atom is -0.496 e. The Balaban J connectivity index is 2.52. The van der Waals surface area contributed by atoms with Crippen LogP contribution in [0.15, 0.2) is 28.7 Å². The third kappa shape index (κ3) is 2.34. The standard InChI is InChI=1S/C13H13NO4/c1-8-14-13(11(18-8)7-12(15)16)9-5-3-4-6-10(9)17-2/h3-6H,7H2,1-2H3,(H,15,16). The first-order valence-electron chi connectivity index (χ1n) is 5.43. The predicted molar refractivity (Wildman–Crippen MR) is 64.6 cm³/mol. The monoisotopic (exact) mass is 247 g/mol. The van der Waals surface area contributed by atoms with E-state index in [1.165, 1.54) is 0 Å². The zero-order chi connectivity index (χ0) is 13.1. The summed E-state index contributed by atoms with van der Waals surface area (Å²) in [5, 5.41) is 8.85. The van der Waals surface area contributed by atoms with Crippen LogP contribution in [0.5, 0.6) is 5.75 Å². The van der Waals surface area contributed by atoms with Gasteiger partial charge in [0.15, 0.2) is 5.89 Å². The summed E-state index contributed by atoms with van der Waals surface area (Å²) in [6.07, 6.45) is -0.200. The molecule has 0 bridgehead atoms. The number of methoxy groups -OCH3 is 1. The second-order valence-corrected chi connectivity index (χ2v) is 3.78. The van der Waals surface area contributed by atoms with Gasteiger partial charge in [0.2, 0.25) is 0 Å². The maximum absolute atomic E-state index is 10.8. The quantitative estimate of drug-likeness (QED) is 0.897. The van der Waals surface area contributed by atoms with E-state index in [1.54, 1.807) is 20.1 Å². The Labute approximate surface area is 104 Å². The summed E-state index contributed by atoms with van der Waals surface area (Å²) < 4.78 is 10.6. The van der Waals surface area contributed by atoms with Crippen molar-refractivity contribution in [2.24, 2.45) is 0 Å². The topological polar surface area (TPSA) is 72.6 Å². The molecule has 18 heavy (non-hydrogen) atoms. The number of ether oxygens (including phenoxy) is 1. The van der Waals surface area contributed by atoms with Crippen LogP contribution >= 0.6 is 0 Å². The molecule has 0 aliphatic heterocycles. The molecule has 94 valence electrons. The summed E-state index contributed by atoms with van der Waals surface area (Å²) in [6, 6.07) is 7.30. The maximum atomic E-state index is 10.8. The molecule has 0 spiro atoms. The number of carbonyl (C=O) groups is 1. The highest BCUT2D eigenvalue weighted by molar-refractivity contribution is 5.75. The number of oxazole rings is 1. The van der Waals surface area contributed by atoms with Crippen molar-refractivity contribution in [3.63, 3.8) is 0 Å². The number of carboxylic acids is 1. The average molecular weight is 247 g/mol. The highest BCUT2D eigenvalue weighted by Gasteiger charge is 2.18. The summed E-state index contributed by atoms with van der Waals surface area (Å²) in [4.78, 5) is 15.0. The van der Waals surface area contributed by atoms with Crippen LogP contribution in [-0.2, 0) is 11.2 Å². The van der Waals surface area contributed by atoms with Crippen LogP contribution in [0, 0.1) is 6.92 Å². The molecule has 0 saturated carbocycles. The van der Waals surface area contributed by atoms with Gasteiger partial charge in [-0.05, 0) is 12.1 Å². The van der Waals surface area contributed by atoms with Crippen LogP contribution in [0.25, 0.3) is 11.3 Å². The first-order valence-corrected chi connectivity index (χ1v) is 5.43. The van der Waals surface area contributed by atoms with Crippen molar-refractivity contribution in [2.45, 2.75) is 13.3 Å². The van der Waals surface area contributed by atoms with Gasteiger partial charge in [0.1, 0.15) is 23.6 Å². The van der Waals surface area contributed by atoms with Gasteiger partial charge in [0, 0.05) is 12.5 Å². The van der Waals surface area contributed by atoms with E-state index in [-0.39, 0.29) is 6.42 Å². The van der Waals surface area contributed by atoms with Gasteiger partial charge in [-0.15, -0.1) is 0 Å². The minimum absolute atomic E-state index is 0.200. The van der Waals surface area contributed by atoms with E-state index in [9.17, 15) is 4.79 Å². The van der Waals surface area contributed by atoms with E-state index >= 15 is 0 Å².